The van der Waals surface area contributed by atoms with Gasteiger partial charge in [-0.05, 0) is 43.0 Å². The van der Waals surface area contributed by atoms with E-state index < -0.39 is 23.4 Å². The Morgan fingerprint density at radius 1 is 1.23 bits per heavy atom. The monoisotopic (exact) mass is 427 g/mol. The van der Waals surface area contributed by atoms with Crippen molar-refractivity contribution >= 4 is 35.0 Å². The number of aryl methyl sites for hydroxylation is 2. The second-order valence-electron chi connectivity index (χ2n) is 6.26. The van der Waals surface area contributed by atoms with Gasteiger partial charge >= 0.3 is 5.97 Å². The summed E-state index contributed by atoms with van der Waals surface area (Å²) in [5, 5.41) is 22.1. The zero-order chi connectivity index (χ0) is 21.7. The number of hydrogen-bond donors (Lipinski definition) is 1. The Balaban J connectivity index is 1.66. The van der Waals surface area contributed by atoms with E-state index in [4.69, 9.17) is 4.74 Å². The lowest BCUT2D eigenvalue weighted by Gasteiger charge is -2.08. The van der Waals surface area contributed by atoms with E-state index >= 15 is 0 Å². The third-order valence-corrected chi connectivity index (χ3v) is 5.05. The van der Waals surface area contributed by atoms with Crippen LogP contribution in [0.25, 0.3) is 0 Å². The number of esters is 1. The van der Waals surface area contributed by atoms with Crippen molar-refractivity contribution in [3.05, 3.63) is 70.0 Å². The lowest BCUT2D eigenvalue weighted by Crippen LogP contribution is -2.21. The van der Waals surface area contributed by atoms with Crippen LogP contribution in [0.2, 0.25) is 0 Å². The van der Waals surface area contributed by atoms with Crippen LogP contribution in [-0.4, -0.2) is 38.2 Å². The van der Waals surface area contributed by atoms with Gasteiger partial charge in [0.2, 0.25) is 0 Å². The number of carbonyl (C=O) groups excluding carboxylic acids is 2. The number of nitrogens with one attached hydrogen (secondary N) is 1. The summed E-state index contributed by atoms with van der Waals surface area (Å²) in [6, 6.07) is 11.1. The molecule has 0 unspecified atom stereocenters. The second kappa shape index (κ2) is 9.18. The molecule has 0 aliphatic heterocycles. The summed E-state index contributed by atoms with van der Waals surface area (Å²) < 4.78 is 6.59. The van der Waals surface area contributed by atoms with Crippen LogP contribution < -0.4 is 5.32 Å². The Morgan fingerprint density at radius 3 is 2.60 bits per heavy atom. The zero-order valence-electron chi connectivity index (χ0n) is 16.1. The maximum Gasteiger partial charge on any atom is 0.338 e. The van der Waals surface area contributed by atoms with Crippen LogP contribution in [0, 0.1) is 17.0 Å². The van der Waals surface area contributed by atoms with Gasteiger partial charge in [-0.1, -0.05) is 17.7 Å². The molecular weight excluding hydrogens is 410 g/mol. The van der Waals surface area contributed by atoms with Gasteiger partial charge in [-0.25, -0.2) is 4.79 Å². The molecule has 1 N–H and O–H groups in total. The van der Waals surface area contributed by atoms with Crippen LogP contribution in [0.4, 0.5) is 11.4 Å². The summed E-state index contributed by atoms with van der Waals surface area (Å²) in [5.74, 6) is -1.36. The Kier molecular flexibility index (Phi) is 6.42. The number of benzene rings is 2. The van der Waals surface area contributed by atoms with Crippen molar-refractivity contribution < 1.29 is 19.2 Å². The molecule has 0 radical (unpaired) electrons. The zero-order valence-corrected chi connectivity index (χ0v) is 16.9. The molecule has 2 aromatic carbocycles. The first-order valence-electron chi connectivity index (χ1n) is 8.67. The molecule has 0 aliphatic rings. The Bertz CT molecular complexity index is 1100. The highest BCUT2D eigenvalue weighted by Crippen LogP contribution is 2.34. The smallest absolute Gasteiger partial charge is 0.338 e. The van der Waals surface area contributed by atoms with Gasteiger partial charge in [0.25, 0.3) is 11.6 Å². The van der Waals surface area contributed by atoms with Crippen molar-refractivity contribution in [2.24, 2.45) is 7.05 Å². The van der Waals surface area contributed by atoms with Crippen LogP contribution in [0.15, 0.2) is 58.8 Å². The standard InChI is InChI=1S/C19H17N5O5S/c1-12-3-6-14(7-4-12)21-17(25)10-29-18(26)13-5-8-16(15(9-13)24(27)28)30-19-22-20-11-23(19)2/h3-9,11H,10H2,1-2H3,(H,21,25). The summed E-state index contributed by atoms with van der Waals surface area (Å²) in [5.41, 5.74) is 1.30. The van der Waals surface area contributed by atoms with Crippen LogP contribution in [-0.2, 0) is 16.6 Å². The number of nitro groups is 1. The minimum Gasteiger partial charge on any atom is -0.452 e. The number of hydrogen-bond acceptors (Lipinski definition) is 8. The minimum absolute atomic E-state index is 0.0350. The highest BCUT2D eigenvalue weighted by molar-refractivity contribution is 7.99. The lowest BCUT2D eigenvalue weighted by atomic mass is 10.2. The molecule has 3 aromatic rings. The van der Waals surface area contributed by atoms with Crippen molar-refractivity contribution in [1.29, 1.82) is 0 Å². The normalized spacial score (nSPS) is 10.5. The summed E-state index contributed by atoms with van der Waals surface area (Å²) in [6.45, 7) is 1.40. The fraction of sp³-hybridized carbons (Fsp3) is 0.158. The summed E-state index contributed by atoms with van der Waals surface area (Å²) in [7, 11) is 1.71. The molecule has 1 aromatic heterocycles. The number of nitrogens with zero attached hydrogens (tertiary/aromatic N) is 4. The first-order valence-corrected chi connectivity index (χ1v) is 9.49. The topological polar surface area (TPSA) is 129 Å². The molecular formula is C19H17N5O5S. The van der Waals surface area contributed by atoms with Crippen LogP contribution in [0.5, 0.6) is 0 Å². The minimum atomic E-state index is -0.840. The second-order valence-corrected chi connectivity index (χ2v) is 7.27. The van der Waals surface area contributed by atoms with E-state index in [2.05, 4.69) is 15.5 Å². The molecule has 1 heterocycles. The molecule has 0 saturated carbocycles. The van der Waals surface area contributed by atoms with Gasteiger partial charge in [0, 0.05) is 18.8 Å². The molecule has 30 heavy (non-hydrogen) atoms. The number of ether oxygens (including phenoxy) is 1. The van der Waals surface area contributed by atoms with E-state index in [0.717, 1.165) is 23.4 Å². The molecule has 10 nitrogen and oxygen atoms in total. The lowest BCUT2D eigenvalue weighted by molar-refractivity contribution is -0.387. The molecule has 0 fully saturated rings. The average Bonchev–Trinajstić information content (AvgIpc) is 3.12. The van der Waals surface area contributed by atoms with Crippen molar-refractivity contribution in [2.75, 3.05) is 11.9 Å². The van der Waals surface area contributed by atoms with Crippen LogP contribution >= 0.6 is 11.8 Å². The van der Waals surface area contributed by atoms with E-state index in [1.807, 2.05) is 19.1 Å². The first kappa shape index (κ1) is 21.0. The quantitative estimate of drug-likeness (QED) is 0.346. The van der Waals surface area contributed by atoms with E-state index in [1.54, 1.807) is 23.7 Å². The van der Waals surface area contributed by atoms with Crippen molar-refractivity contribution in [3.8, 4) is 0 Å². The number of aromatic nitrogens is 3. The molecule has 0 aliphatic carbocycles. The van der Waals surface area contributed by atoms with Gasteiger partial charge in [0.15, 0.2) is 11.8 Å². The number of rotatable bonds is 7. The fourth-order valence-corrected chi connectivity index (χ4v) is 3.23. The number of nitro benzene ring substituents is 1. The van der Waals surface area contributed by atoms with Crippen LogP contribution in [0.3, 0.4) is 0 Å². The molecule has 11 heteroatoms. The molecule has 154 valence electrons. The Labute approximate surface area is 175 Å². The van der Waals surface area contributed by atoms with Gasteiger partial charge in [-0.3, -0.25) is 14.9 Å². The van der Waals surface area contributed by atoms with Gasteiger partial charge in [0.05, 0.1) is 15.4 Å². The van der Waals surface area contributed by atoms with Crippen molar-refractivity contribution in [2.45, 2.75) is 17.0 Å². The molecule has 0 atom stereocenters. The maximum atomic E-state index is 12.2. The summed E-state index contributed by atoms with van der Waals surface area (Å²) in [4.78, 5) is 35.3. The van der Waals surface area contributed by atoms with Crippen LogP contribution in [0.1, 0.15) is 15.9 Å². The molecule has 3 rings (SSSR count). The SMILES string of the molecule is Cc1ccc(NC(=O)COC(=O)c2ccc(Sc3nncn3C)c([N+](=O)[O-])c2)cc1. The third kappa shape index (κ3) is 5.20. The largest absolute Gasteiger partial charge is 0.452 e. The average molecular weight is 427 g/mol. The third-order valence-electron chi connectivity index (χ3n) is 3.93. The van der Waals surface area contributed by atoms with Crippen molar-refractivity contribution in [3.63, 3.8) is 0 Å². The number of anilines is 1. The van der Waals surface area contributed by atoms with E-state index in [-0.39, 0.29) is 11.3 Å². The van der Waals surface area contributed by atoms with Gasteiger partial charge in [-0.15, -0.1) is 10.2 Å². The Morgan fingerprint density at radius 2 is 1.97 bits per heavy atom. The van der Waals surface area contributed by atoms with E-state index in [0.29, 0.717) is 15.7 Å². The predicted octanol–water partition coefficient (Wildman–Crippen LogP) is 2.98. The summed E-state index contributed by atoms with van der Waals surface area (Å²) >= 11 is 1.05. The molecule has 1 amide bonds. The van der Waals surface area contributed by atoms with Gasteiger partial charge in [-0.2, -0.15) is 0 Å². The Hall–Kier alpha value is -3.73. The number of carbonyl (C=O) groups is 2. The number of amides is 1. The molecule has 0 bridgehead atoms. The highest BCUT2D eigenvalue weighted by Gasteiger charge is 2.21. The van der Waals surface area contributed by atoms with Crippen molar-refractivity contribution in [1.82, 2.24) is 14.8 Å². The maximum absolute atomic E-state index is 12.2. The van der Waals surface area contributed by atoms with E-state index in [9.17, 15) is 19.7 Å². The predicted molar refractivity (Wildman–Crippen MR) is 108 cm³/mol. The first-order chi connectivity index (χ1) is 14.3. The van der Waals surface area contributed by atoms with Gasteiger partial charge < -0.3 is 14.6 Å². The van der Waals surface area contributed by atoms with E-state index in [1.165, 1.54) is 18.5 Å². The molecule has 0 spiro atoms. The molecule has 0 saturated heterocycles. The summed E-state index contributed by atoms with van der Waals surface area (Å²) in [6.07, 6.45) is 1.47. The highest BCUT2D eigenvalue weighted by atomic mass is 32.2. The van der Waals surface area contributed by atoms with Gasteiger partial charge in [0.1, 0.15) is 6.33 Å². The fourth-order valence-electron chi connectivity index (χ4n) is 2.39.